The van der Waals surface area contributed by atoms with Crippen molar-refractivity contribution >= 4 is 39.2 Å². The molecule has 0 bridgehead atoms. The van der Waals surface area contributed by atoms with Gasteiger partial charge in [0.15, 0.2) is 0 Å². The van der Waals surface area contributed by atoms with Crippen molar-refractivity contribution in [3.05, 3.63) is 53.6 Å². The van der Waals surface area contributed by atoms with Crippen LogP contribution in [0.25, 0.3) is 0 Å². The number of methoxy groups -OCH3 is 1. The van der Waals surface area contributed by atoms with E-state index in [2.05, 4.69) is 10.6 Å². The van der Waals surface area contributed by atoms with Crippen molar-refractivity contribution in [1.29, 1.82) is 0 Å². The van der Waals surface area contributed by atoms with Crippen molar-refractivity contribution in [1.82, 2.24) is 14.5 Å². The SMILES string of the molecule is COc1ccc(NC(=O)NC(=O)CN2CCN(S(=O)(=O)c3ccccc3Cl)CC2)cc1. The number of halogens is 1. The average molecular weight is 467 g/mol. The highest BCUT2D eigenvalue weighted by molar-refractivity contribution is 7.89. The summed E-state index contributed by atoms with van der Waals surface area (Å²) in [4.78, 5) is 26.0. The number of ether oxygens (including phenoxy) is 1. The maximum Gasteiger partial charge on any atom is 0.325 e. The molecule has 0 aromatic heterocycles. The lowest BCUT2D eigenvalue weighted by Crippen LogP contribution is -2.51. The van der Waals surface area contributed by atoms with Crippen molar-refractivity contribution in [2.45, 2.75) is 4.90 Å². The fourth-order valence-corrected chi connectivity index (χ4v) is 5.04. The molecule has 1 aliphatic heterocycles. The molecule has 1 fully saturated rings. The molecule has 0 saturated carbocycles. The molecule has 1 saturated heterocycles. The summed E-state index contributed by atoms with van der Waals surface area (Å²) < 4.78 is 32.0. The Kier molecular flexibility index (Phi) is 7.50. The number of hydrogen-bond donors (Lipinski definition) is 2. The fourth-order valence-electron chi connectivity index (χ4n) is 3.13. The molecule has 2 aromatic rings. The van der Waals surface area contributed by atoms with Gasteiger partial charge in [0.05, 0.1) is 18.7 Å². The Bertz CT molecular complexity index is 1040. The summed E-state index contributed by atoms with van der Waals surface area (Å²) in [6.45, 7) is 1.14. The first-order chi connectivity index (χ1) is 14.8. The highest BCUT2D eigenvalue weighted by atomic mass is 35.5. The topological polar surface area (TPSA) is 108 Å². The van der Waals surface area contributed by atoms with Crippen LogP contribution in [-0.2, 0) is 14.8 Å². The van der Waals surface area contributed by atoms with Gasteiger partial charge in [-0.25, -0.2) is 13.2 Å². The van der Waals surface area contributed by atoms with Crippen LogP contribution in [0.3, 0.4) is 0 Å². The van der Waals surface area contributed by atoms with Gasteiger partial charge in [-0.3, -0.25) is 15.0 Å². The second-order valence-electron chi connectivity index (χ2n) is 6.84. The van der Waals surface area contributed by atoms with Gasteiger partial charge in [0.2, 0.25) is 15.9 Å². The third-order valence-electron chi connectivity index (χ3n) is 4.75. The number of imide groups is 1. The molecule has 31 heavy (non-hydrogen) atoms. The number of carbonyl (C=O) groups excluding carboxylic acids is 2. The van der Waals surface area contributed by atoms with Crippen molar-refractivity contribution in [3.8, 4) is 5.75 Å². The molecule has 2 N–H and O–H groups in total. The molecule has 0 spiro atoms. The summed E-state index contributed by atoms with van der Waals surface area (Å²) in [5, 5.41) is 5.01. The van der Waals surface area contributed by atoms with Crippen molar-refractivity contribution in [3.63, 3.8) is 0 Å². The van der Waals surface area contributed by atoms with E-state index in [9.17, 15) is 18.0 Å². The Morgan fingerprint density at radius 2 is 1.68 bits per heavy atom. The minimum atomic E-state index is -3.70. The molecule has 166 valence electrons. The Morgan fingerprint density at radius 1 is 1.03 bits per heavy atom. The molecule has 1 heterocycles. The van der Waals surface area contributed by atoms with Crippen LogP contribution in [0.4, 0.5) is 10.5 Å². The lowest BCUT2D eigenvalue weighted by Gasteiger charge is -2.33. The van der Waals surface area contributed by atoms with Crippen LogP contribution in [-0.4, -0.2) is 69.4 Å². The quantitative estimate of drug-likeness (QED) is 0.674. The monoisotopic (exact) mass is 466 g/mol. The lowest BCUT2D eigenvalue weighted by atomic mass is 10.3. The molecule has 0 unspecified atom stereocenters. The van der Waals surface area contributed by atoms with Crippen LogP contribution in [0.1, 0.15) is 0 Å². The first-order valence-corrected chi connectivity index (χ1v) is 11.3. The molecule has 2 aromatic carbocycles. The van der Waals surface area contributed by atoms with Crippen LogP contribution >= 0.6 is 11.6 Å². The smallest absolute Gasteiger partial charge is 0.325 e. The number of anilines is 1. The van der Waals surface area contributed by atoms with Gasteiger partial charge in [-0.2, -0.15) is 4.31 Å². The third kappa shape index (κ3) is 5.95. The molecule has 0 atom stereocenters. The van der Waals surface area contributed by atoms with E-state index < -0.39 is 22.0 Å². The van der Waals surface area contributed by atoms with E-state index in [1.54, 1.807) is 48.4 Å². The maximum atomic E-state index is 12.8. The van der Waals surface area contributed by atoms with Crippen LogP contribution < -0.4 is 15.4 Å². The first-order valence-electron chi connectivity index (χ1n) is 9.51. The standard InChI is InChI=1S/C20H23ClN4O5S/c1-30-16-8-6-15(7-9-16)22-20(27)23-19(26)14-24-10-12-25(13-11-24)31(28,29)18-5-3-2-4-17(18)21/h2-9H,10-14H2,1H3,(H2,22,23,26,27). The van der Waals surface area contributed by atoms with Crippen molar-refractivity contribution in [2.24, 2.45) is 0 Å². The van der Waals surface area contributed by atoms with Gasteiger partial charge in [-0.15, -0.1) is 0 Å². The Hall–Kier alpha value is -2.66. The minimum absolute atomic E-state index is 0.0178. The molecule has 1 aliphatic rings. The zero-order valence-electron chi connectivity index (χ0n) is 16.9. The van der Waals surface area contributed by atoms with Crippen LogP contribution in [0.2, 0.25) is 5.02 Å². The van der Waals surface area contributed by atoms with E-state index in [-0.39, 0.29) is 29.6 Å². The summed E-state index contributed by atoms with van der Waals surface area (Å²) in [6, 6.07) is 12.3. The Morgan fingerprint density at radius 3 is 2.29 bits per heavy atom. The molecule has 9 nitrogen and oxygen atoms in total. The summed E-state index contributed by atoms with van der Waals surface area (Å²) in [7, 11) is -2.16. The Labute approximate surface area is 186 Å². The largest absolute Gasteiger partial charge is 0.497 e. The Balaban J connectivity index is 1.47. The van der Waals surface area contributed by atoms with Gasteiger partial charge in [0, 0.05) is 31.9 Å². The molecule has 3 amide bonds. The molecular formula is C20H23ClN4O5S. The van der Waals surface area contributed by atoms with Crippen molar-refractivity contribution in [2.75, 3.05) is 45.2 Å². The van der Waals surface area contributed by atoms with Crippen LogP contribution in [0, 0.1) is 0 Å². The van der Waals surface area contributed by atoms with E-state index in [1.807, 2.05) is 0 Å². The van der Waals surface area contributed by atoms with Gasteiger partial charge < -0.3 is 10.1 Å². The second kappa shape index (κ2) is 10.1. The van der Waals surface area contributed by atoms with E-state index in [4.69, 9.17) is 16.3 Å². The molecule has 0 radical (unpaired) electrons. The third-order valence-corrected chi connectivity index (χ3v) is 7.15. The number of nitrogens with zero attached hydrogens (tertiary/aromatic N) is 2. The van der Waals surface area contributed by atoms with Crippen molar-refractivity contribution < 1.29 is 22.7 Å². The average Bonchev–Trinajstić information content (AvgIpc) is 2.74. The second-order valence-corrected chi connectivity index (χ2v) is 9.16. The molecular weight excluding hydrogens is 444 g/mol. The highest BCUT2D eigenvalue weighted by Crippen LogP contribution is 2.25. The number of urea groups is 1. The summed E-state index contributed by atoms with van der Waals surface area (Å²) in [5.74, 6) is 0.172. The zero-order chi connectivity index (χ0) is 22.4. The van der Waals surface area contributed by atoms with E-state index in [0.29, 0.717) is 24.5 Å². The van der Waals surface area contributed by atoms with E-state index in [1.165, 1.54) is 16.4 Å². The van der Waals surface area contributed by atoms with Gasteiger partial charge in [0.25, 0.3) is 0 Å². The predicted octanol–water partition coefficient (Wildman–Crippen LogP) is 2.00. The molecule has 0 aliphatic carbocycles. The number of carbonyl (C=O) groups is 2. The van der Waals surface area contributed by atoms with Crippen LogP contribution in [0.15, 0.2) is 53.4 Å². The van der Waals surface area contributed by atoms with E-state index in [0.717, 1.165) is 0 Å². The summed E-state index contributed by atoms with van der Waals surface area (Å²) in [5.41, 5.74) is 0.518. The number of amides is 3. The number of nitrogens with one attached hydrogen (secondary N) is 2. The van der Waals surface area contributed by atoms with Gasteiger partial charge in [0.1, 0.15) is 10.6 Å². The summed E-state index contributed by atoms with van der Waals surface area (Å²) >= 11 is 6.03. The van der Waals surface area contributed by atoms with E-state index >= 15 is 0 Å². The number of rotatable bonds is 6. The van der Waals surface area contributed by atoms with Crippen LogP contribution in [0.5, 0.6) is 5.75 Å². The van der Waals surface area contributed by atoms with Gasteiger partial charge in [-0.1, -0.05) is 23.7 Å². The molecule has 11 heteroatoms. The zero-order valence-corrected chi connectivity index (χ0v) is 18.4. The van der Waals surface area contributed by atoms with Gasteiger partial charge in [-0.05, 0) is 36.4 Å². The maximum absolute atomic E-state index is 12.8. The fraction of sp³-hybridized carbons (Fsp3) is 0.300. The highest BCUT2D eigenvalue weighted by Gasteiger charge is 2.30. The number of benzene rings is 2. The normalized spacial score (nSPS) is 15.3. The number of sulfonamides is 1. The first kappa shape index (κ1) is 23.0. The van der Waals surface area contributed by atoms with Gasteiger partial charge >= 0.3 is 6.03 Å². The lowest BCUT2D eigenvalue weighted by molar-refractivity contribution is -0.121. The summed E-state index contributed by atoms with van der Waals surface area (Å²) in [6.07, 6.45) is 0. The molecule has 3 rings (SSSR count). The number of piperazine rings is 1. The minimum Gasteiger partial charge on any atom is -0.497 e. The number of hydrogen-bond acceptors (Lipinski definition) is 6. The predicted molar refractivity (Wildman–Crippen MR) is 117 cm³/mol.